The number of rotatable bonds is 4. The van der Waals surface area contributed by atoms with Gasteiger partial charge in [-0.25, -0.2) is 0 Å². The third-order valence-electron chi connectivity index (χ3n) is 7.32. The van der Waals surface area contributed by atoms with Crippen molar-refractivity contribution in [3.8, 4) is 29.7 Å². The highest BCUT2D eigenvalue weighted by molar-refractivity contribution is 5.89. The van der Waals surface area contributed by atoms with E-state index >= 15 is 0 Å². The third-order valence-corrected chi connectivity index (χ3v) is 7.32. The lowest BCUT2D eigenvalue weighted by Gasteiger charge is -2.52. The number of hydrogen-bond donors (Lipinski definition) is 1. The van der Waals surface area contributed by atoms with Crippen LogP contribution in [0.15, 0.2) is 18.2 Å². The zero-order valence-corrected chi connectivity index (χ0v) is 17.8. The molecule has 8 heteroatoms. The Morgan fingerprint density at radius 3 is 2.48 bits per heavy atom. The van der Waals surface area contributed by atoms with Crippen molar-refractivity contribution in [1.29, 1.82) is 21.2 Å². The van der Waals surface area contributed by atoms with Gasteiger partial charge in [-0.3, -0.25) is 5.41 Å². The Bertz CT molecular complexity index is 1040. The monoisotopic (exact) mass is 420 g/mol. The first-order valence-electron chi connectivity index (χ1n) is 10.3. The summed E-state index contributed by atoms with van der Waals surface area (Å²) in [6, 6.07) is 11.4. The van der Waals surface area contributed by atoms with Crippen LogP contribution in [0.3, 0.4) is 0 Å². The molecule has 2 saturated heterocycles. The molecular formula is C23H24N4O4. The first kappa shape index (κ1) is 21.0. The van der Waals surface area contributed by atoms with E-state index in [1.54, 1.807) is 18.2 Å². The summed E-state index contributed by atoms with van der Waals surface area (Å²) in [6.07, 6.45) is 1.60. The third kappa shape index (κ3) is 2.44. The van der Waals surface area contributed by atoms with Crippen LogP contribution in [-0.4, -0.2) is 25.9 Å². The molecule has 4 rings (SSSR count). The van der Waals surface area contributed by atoms with Gasteiger partial charge in [0.25, 0.3) is 0 Å². The average Bonchev–Trinajstić information content (AvgIpc) is 3.01. The fourth-order valence-electron chi connectivity index (χ4n) is 5.61. The smallest absolute Gasteiger partial charge is 0.217 e. The van der Waals surface area contributed by atoms with E-state index in [0.717, 1.165) is 12.8 Å². The van der Waals surface area contributed by atoms with Crippen molar-refractivity contribution in [2.75, 3.05) is 14.2 Å². The summed E-state index contributed by atoms with van der Waals surface area (Å²) in [6.45, 7) is 2.07. The van der Waals surface area contributed by atoms with E-state index in [0.29, 0.717) is 35.8 Å². The van der Waals surface area contributed by atoms with Gasteiger partial charge in [-0.2, -0.15) is 15.8 Å². The molecule has 0 radical (unpaired) electrons. The van der Waals surface area contributed by atoms with Gasteiger partial charge in [0.1, 0.15) is 17.6 Å². The second kappa shape index (κ2) is 7.15. The first-order valence-corrected chi connectivity index (χ1v) is 10.3. The van der Waals surface area contributed by atoms with Crippen LogP contribution in [0, 0.1) is 62.1 Å². The summed E-state index contributed by atoms with van der Waals surface area (Å²) in [5, 5.41) is 39.8. The predicted molar refractivity (Wildman–Crippen MR) is 108 cm³/mol. The van der Waals surface area contributed by atoms with E-state index in [-0.39, 0.29) is 5.90 Å². The summed E-state index contributed by atoms with van der Waals surface area (Å²) < 4.78 is 23.3. The number of methoxy groups -OCH3 is 2. The zero-order valence-electron chi connectivity index (χ0n) is 17.8. The minimum Gasteiger partial charge on any atom is -0.497 e. The Hall–Kier alpha value is -3.28. The molecule has 2 heterocycles. The fourth-order valence-corrected chi connectivity index (χ4v) is 5.61. The van der Waals surface area contributed by atoms with Crippen molar-refractivity contribution in [2.45, 2.75) is 44.5 Å². The van der Waals surface area contributed by atoms with Crippen LogP contribution in [0.2, 0.25) is 0 Å². The van der Waals surface area contributed by atoms with Crippen LogP contribution in [0.1, 0.15) is 44.3 Å². The second-order valence-corrected chi connectivity index (χ2v) is 8.40. The van der Waals surface area contributed by atoms with Gasteiger partial charge >= 0.3 is 0 Å². The molecule has 5 unspecified atom stereocenters. The average molecular weight is 420 g/mol. The number of nitriles is 3. The van der Waals surface area contributed by atoms with Gasteiger partial charge in [0.05, 0.1) is 38.3 Å². The number of benzene rings is 1. The fraction of sp³-hybridized carbons (Fsp3) is 0.565. The highest BCUT2D eigenvalue weighted by Crippen LogP contribution is 2.70. The van der Waals surface area contributed by atoms with Crippen LogP contribution in [-0.2, 0) is 9.47 Å². The molecule has 2 aliphatic heterocycles. The first-order chi connectivity index (χ1) is 14.9. The molecule has 0 amide bonds. The molecule has 1 saturated carbocycles. The lowest BCUT2D eigenvalue weighted by atomic mass is 9.50. The molecule has 1 aliphatic carbocycles. The molecule has 1 N–H and O–H groups in total. The number of nitrogens with zero attached hydrogens (tertiary/aromatic N) is 3. The Balaban J connectivity index is 2.00. The Labute approximate surface area is 181 Å². The Kier molecular flexibility index (Phi) is 4.84. The Morgan fingerprint density at radius 1 is 1.16 bits per heavy atom. The summed E-state index contributed by atoms with van der Waals surface area (Å²) >= 11 is 0. The number of ether oxygens (including phenoxy) is 4. The number of nitrogens with one attached hydrogen (secondary N) is 1. The standard InChI is InChI=1S/C23H24N4O4/c1-4-14-7-8-23-18(9-14)22(13-26,20(27)31-23)21(11-24,12-25)19(30-23)16-10-15(28-2)5-6-17(16)29-3/h5-6,10,14,18-19,27H,4,7-9H2,1-3H3. The minimum absolute atomic E-state index is 0.307. The topological polar surface area (TPSA) is 132 Å². The van der Waals surface area contributed by atoms with E-state index in [1.807, 2.05) is 0 Å². The quantitative estimate of drug-likeness (QED) is 0.782. The Morgan fingerprint density at radius 2 is 1.90 bits per heavy atom. The molecule has 160 valence electrons. The molecule has 3 aliphatic rings. The van der Waals surface area contributed by atoms with Gasteiger partial charge in [-0.05, 0) is 37.0 Å². The van der Waals surface area contributed by atoms with Crippen molar-refractivity contribution in [3.63, 3.8) is 0 Å². The van der Waals surface area contributed by atoms with Crippen LogP contribution < -0.4 is 9.47 Å². The normalized spacial score (nSPS) is 35.0. The lowest BCUT2D eigenvalue weighted by molar-refractivity contribution is -0.299. The summed E-state index contributed by atoms with van der Waals surface area (Å²) in [5.74, 6) is -0.965. The van der Waals surface area contributed by atoms with E-state index < -0.39 is 28.6 Å². The van der Waals surface area contributed by atoms with Crippen molar-refractivity contribution in [1.82, 2.24) is 0 Å². The van der Waals surface area contributed by atoms with Crippen molar-refractivity contribution >= 4 is 5.90 Å². The van der Waals surface area contributed by atoms with Crippen LogP contribution in [0.4, 0.5) is 0 Å². The van der Waals surface area contributed by atoms with Gasteiger partial charge in [0.15, 0.2) is 5.41 Å². The molecule has 3 fully saturated rings. The summed E-state index contributed by atoms with van der Waals surface area (Å²) in [5.41, 5.74) is -3.33. The van der Waals surface area contributed by atoms with Crippen LogP contribution in [0.25, 0.3) is 0 Å². The molecular weight excluding hydrogens is 396 g/mol. The van der Waals surface area contributed by atoms with Gasteiger partial charge in [-0.15, -0.1) is 0 Å². The lowest BCUT2D eigenvalue weighted by Crippen LogP contribution is -2.61. The SMILES string of the molecule is CCC1CCC23OC(=N)C(C#N)(C2C1)C(C#N)(C#N)C(c1cc(OC)ccc1OC)O3. The molecule has 5 atom stereocenters. The highest BCUT2D eigenvalue weighted by atomic mass is 16.7. The maximum absolute atomic E-state index is 10.4. The van der Waals surface area contributed by atoms with Crippen molar-refractivity contribution in [2.24, 2.45) is 22.7 Å². The highest BCUT2D eigenvalue weighted by Gasteiger charge is 2.81. The van der Waals surface area contributed by atoms with Gasteiger partial charge in [0.2, 0.25) is 17.1 Å². The molecule has 1 aromatic carbocycles. The molecule has 0 aromatic heterocycles. The molecule has 8 nitrogen and oxygen atoms in total. The second-order valence-electron chi connectivity index (χ2n) is 8.40. The zero-order chi connectivity index (χ0) is 22.4. The van der Waals surface area contributed by atoms with E-state index in [9.17, 15) is 15.8 Å². The molecule has 2 bridgehead atoms. The number of hydrogen-bond acceptors (Lipinski definition) is 8. The van der Waals surface area contributed by atoms with Crippen molar-refractivity contribution < 1.29 is 18.9 Å². The summed E-state index contributed by atoms with van der Waals surface area (Å²) in [4.78, 5) is 0. The largest absolute Gasteiger partial charge is 0.497 e. The van der Waals surface area contributed by atoms with Gasteiger partial charge < -0.3 is 18.9 Å². The van der Waals surface area contributed by atoms with E-state index in [4.69, 9.17) is 24.4 Å². The maximum atomic E-state index is 10.4. The van der Waals surface area contributed by atoms with E-state index in [1.165, 1.54) is 14.2 Å². The minimum atomic E-state index is -2.00. The molecule has 1 aromatic rings. The maximum Gasteiger partial charge on any atom is 0.217 e. The van der Waals surface area contributed by atoms with Crippen molar-refractivity contribution in [3.05, 3.63) is 23.8 Å². The van der Waals surface area contributed by atoms with Gasteiger partial charge in [0, 0.05) is 12.0 Å². The van der Waals surface area contributed by atoms with Crippen LogP contribution in [0.5, 0.6) is 11.5 Å². The molecule has 31 heavy (non-hydrogen) atoms. The van der Waals surface area contributed by atoms with Crippen LogP contribution >= 0.6 is 0 Å². The van der Waals surface area contributed by atoms with Gasteiger partial charge in [-0.1, -0.05) is 13.3 Å². The van der Waals surface area contributed by atoms with E-state index in [2.05, 4.69) is 25.1 Å². The molecule has 0 spiro atoms. The summed E-state index contributed by atoms with van der Waals surface area (Å²) in [7, 11) is 2.99. The predicted octanol–water partition coefficient (Wildman–Crippen LogP) is 3.85.